The normalized spacial score (nSPS) is 14.9. The van der Waals surface area contributed by atoms with E-state index in [9.17, 15) is 4.79 Å². The van der Waals surface area contributed by atoms with Crippen molar-refractivity contribution in [3.05, 3.63) is 47.8 Å². The van der Waals surface area contributed by atoms with Gasteiger partial charge in [-0.1, -0.05) is 6.92 Å². The predicted molar refractivity (Wildman–Crippen MR) is 126 cm³/mol. The van der Waals surface area contributed by atoms with E-state index in [0.717, 1.165) is 42.3 Å². The van der Waals surface area contributed by atoms with Crippen LogP contribution in [0, 0.1) is 0 Å². The average molecular weight is 440 g/mol. The van der Waals surface area contributed by atoms with Gasteiger partial charge in [-0.25, -0.2) is 15.0 Å². The maximum absolute atomic E-state index is 11.5. The Morgan fingerprint density at radius 3 is 2.61 bits per heavy atom. The number of hydrogen-bond donors (Lipinski definition) is 3. The molecule has 3 rings (SSSR count). The molecule has 1 aromatic heterocycles. The highest BCUT2D eigenvalue weighted by atomic mass is 32.2. The van der Waals surface area contributed by atoms with Crippen LogP contribution in [0.4, 0.5) is 11.5 Å². The molecule has 0 spiro atoms. The van der Waals surface area contributed by atoms with Crippen LogP contribution in [-0.2, 0) is 11.2 Å². The first-order chi connectivity index (χ1) is 14.9. The molecule has 31 heavy (non-hydrogen) atoms. The standard InChI is InChI=1S/C22H29N7OS/c1-3-21(30)25-16-5-7-18(8-6-16)31-22-26-17(9-12-29-10-4-11-29)14-20(28-22)27-19(24)13-15(2)23/h5-8,13-14H,3-4,9-12,23H2,1-2H3,(H,25,30)(H2,24,26,27,28). The van der Waals surface area contributed by atoms with Crippen molar-refractivity contribution in [3.8, 4) is 0 Å². The zero-order valence-corrected chi connectivity index (χ0v) is 18.8. The number of amidine groups is 1. The van der Waals surface area contributed by atoms with Crippen LogP contribution in [0.2, 0.25) is 0 Å². The zero-order valence-electron chi connectivity index (χ0n) is 18.0. The van der Waals surface area contributed by atoms with Crippen molar-refractivity contribution in [2.75, 3.05) is 25.0 Å². The highest BCUT2D eigenvalue weighted by Crippen LogP contribution is 2.28. The number of carbonyl (C=O) groups excluding carboxylic acids is 1. The van der Waals surface area contributed by atoms with Crippen LogP contribution in [0.25, 0.3) is 0 Å². The van der Waals surface area contributed by atoms with Crippen molar-refractivity contribution in [1.82, 2.24) is 14.9 Å². The van der Waals surface area contributed by atoms with Crippen LogP contribution in [0.15, 0.2) is 57.1 Å². The van der Waals surface area contributed by atoms with Crippen molar-refractivity contribution in [3.63, 3.8) is 0 Å². The maximum Gasteiger partial charge on any atom is 0.224 e. The smallest absolute Gasteiger partial charge is 0.224 e. The minimum absolute atomic E-state index is 0.0134. The Kier molecular flexibility index (Phi) is 8.02. The molecule has 0 radical (unpaired) electrons. The third kappa shape index (κ3) is 7.37. The average Bonchev–Trinajstić information content (AvgIpc) is 2.67. The Bertz CT molecular complexity index is 964. The molecule has 5 N–H and O–H groups in total. The van der Waals surface area contributed by atoms with Gasteiger partial charge in [-0.2, -0.15) is 0 Å². The van der Waals surface area contributed by atoms with Crippen LogP contribution in [-0.4, -0.2) is 46.2 Å². The van der Waals surface area contributed by atoms with E-state index < -0.39 is 0 Å². The van der Waals surface area contributed by atoms with Crippen LogP contribution in [0.5, 0.6) is 0 Å². The monoisotopic (exact) mass is 439 g/mol. The molecular formula is C22H29N7OS. The molecule has 164 valence electrons. The van der Waals surface area contributed by atoms with Gasteiger partial charge in [0.05, 0.1) is 0 Å². The lowest BCUT2D eigenvalue weighted by molar-refractivity contribution is -0.115. The molecule has 0 aliphatic carbocycles. The number of allylic oxidation sites excluding steroid dienone is 1. The second-order valence-electron chi connectivity index (χ2n) is 7.40. The largest absolute Gasteiger partial charge is 0.402 e. The fraction of sp³-hybridized carbons (Fsp3) is 0.364. The molecule has 1 amide bonds. The van der Waals surface area contributed by atoms with E-state index in [1.54, 1.807) is 13.0 Å². The Balaban J connectivity index is 1.79. The summed E-state index contributed by atoms with van der Waals surface area (Å²) in [5.41, 5.74) is 13.9. The SMILES string of the molecule is CCC(=O)Nc1ccc(Sc2nc(CCN3CCC3)cc(N=C(N)C=C(C)N)n2)cc1. The summed E-state index contributed by atoms with van der Waals surface area (Å²) in [6.45, 7) is 6.84. The molecule has 1 fully saturated rings. The van der Waals surface area contributed by atoms with E-state index in [1.807, 2.05) is 37.3 Å². The van der Waals surface area contributed by atoms with Gasteiger partial charge >= 0.3 is 0 Å². The van der Waals surface area contributed by atoms with E-state index in [2.05, 4.69) is 20.2 Å². The number of likely N-dealkylation sites (tertiary alicyclic amines) is 1. The summed E-state index contributed by atoms with van der Waals surface area (Å²) < 4.78 is 0. The lowest BCUT2D eigenvalue weighted by Gasteiger charge is -2.30. The lowest BCUT2D eigenvalue weighted by atomic mass is 10.2. The molecule has 1 saturated heterocycles. The number of hydrogen-bond acceptors (Lipinski definition) is 7. The Labute approximate surface area is 187 Å². The topological polar surface area (TPSA) is 123 Å². The third-order valence-electron chi connectivity index (χ3n) is 4.67. The molecular weight excluding hydrogens is 410 g/mol. The van der Waals surface area contributed by atoms with E-state index in [0.29, 0.717) is 28.9 Å². The fourth-order valence-corrected chi connectivity index (χ4v) is 3.71. The van der Waals surface area contributed by atoms with Crippen LogP contribution in [0.3, 0.4) is 0 Å². The van der Waals surface area contributed by atoms with Gasteiger partial charge in [0.2, 0.25) is 5.91 Å². The van der Waals surface area contributed by atoms with E-state index in [-0.39, 0.29) is 5.91 Å². The number of anilines is 1. The summed E-state index contributed by atoms with van der Waals surface area (Å²) in [5.74, 6) is 0.804. The molecule has 0 unspecified atom stereocenters. The highest BCUT2D eigenvalue weighted by molar-refractivity contribution is 7.99. The second-order valence-corrected chi connectivity index (χ2v) is 8.44. The fourth-order valence-electron chi connectivity index (χ4n) is 2.93. The van der Waals surface area contributed by atoms with Gasteiger partial charge in [0.15, 0.2) is 11.0 Å². The zero-order chi connectivity index (χ0) is 22.2. The number of nitrogens with zero attached hydrogens (tertiary/aromatic N) is 4. The number of carbonyl (C=O) groups is 1. The van der Waals surface area contributed by atoms with Crippen LogP contribution in [0.1, 0.15) is 32.4 Å². The van der Waals surface area contributed by atoms with Gasteiger partial charge < -0.3 is 21.7 Å². The number of nitrogens with two attached hydrogens (primary N) is 2. The number of aliphatic imine (C=N–C) groups is 1. The molecule has 9 heteroatoms. The molecule has 2 aromatic rings. The van der Waals surface area contributed by atoms with Gasteiger partial charge in [-0.15, -0.1) is 0 Å². The van der Waals surface area contributed by atoms with E-state index in [4.69, 9.17) is 16.5 Å². The molecule has 0 bridgehead atoms. The molecule has 0 atom stereocenters. The number of aromatic nitrogens is 2. The molecule has 0 saturated carbocycles. The first-order valence-corrected chi connectivity index (χ1v) is 11.2. The molecule has 1 aliphatic heterocycles. The molecule has 1 aromatic carbocycles. The third-order valence-corrected chi connectivity index (χ3v) is 5.54. The van der Waals surface area contributed by atoms with Crippen molar-refractivity contribution < 1.29 is 4.79 Å². The summed E-state index contributed by atoms with van der Waals surface area (Å²) in [4.78, 5) is 28.6. The molecule has 8 nitrogen and oxygen atoms in total. The van der Waals surface area contributed by atoms with Crippen molar-refractivity contribution in [2.24, 2.45) is 16.5 Å². The van der Waals surface area contributed by atoms with E-state index in [1.165, 1.54) is 18.2 Å². The lowest BCUT2D eigenvalue weighted by Crippen LogP contribution is -2.38. The van der Waals surface area contributed by atoms with Gasteiger partial charge in [0, 0.05) is 47.4 Å². The minimum Gasteiger partial charge on any atom is -0.402 e. The van der Waals surface area contributed by atoms with E-state index >= 15 is 0 Å². The van der Waals surface area contributed by atoms with Crippen molar-refractivity contribution in [2.45, 2.75) is 43.2 Å². The summed E-state index contributed by atoms with van der Waals surface area (Å²) in [5, 5.41) is 3.45. The highest BCUT2D eigenvalue weighted by Gasteiger charge is 2.14. The first-order valence-electron chi connectivity index (χ1n) is 10.4. The predicted octanol–water partition coefficient (Wildman–Crippen LogP) is 3.08. The second kappa shape index (κ2) is 10.9. The van der Waals surface area contributed by atoms with Gasteiger partial charge in [0.1, 0.15) is 5.84 Å². The Hall–Kier alpha value is -2.91. The summed E-state index contributed by atoms with van der Waals surface area (Å²) in [7, 11) is 0. The van der Waals surface area contributed by atoms with Crippen LogP contribution >= 0.6 is 11.8 Å². The van der Waals surface area contributed by atoms with Crippen LogP contribution < -0.4 is 16.8 Å². The summed E-state index contributed by atoms with van der Waals surface area (Å²) >= 11 is 1.45. The van der Waals surface area contributed by atoms with Gasteiger partial charge in [-0.05, 0) is 68.5 Å². The van der Waals surface area contributed by atoms with Crippen molar-refractivity contribution >= 4 is 35.0 Å². The number of nitrogens with one attached hydrogen (secondary N) is 1. The number of benzene rings is 1. The quantitative estimate of drug-likeness (QED) is 0.312. The first kappa shape index (κ1) is 22.8. The Morgan fingerprint density at radius 2 is 2.00 bits per heavy atom. The number of rotatable bonds is 9. The molecule has 1 aliphatic rings. The minimum atomic E-state index is -0.0134. The molecule has 2 heterocycles. The Morgan fingerprint density at radius 1 is 1.26 bits per heavy atom. The van der Waals surface area contributed by atoms with Crippen molar-refractivity contribution in [1.29, 1.82) is 0 Å². The summed E-state index contributed by atoms with van der Waals surface area (Å²) in [6, 6.07) is 9.48. The van der Waals surface area contributed by atoms with Gasteiger partial charge in [-0.3, -0.25) is 4.79 Å². The number of amides is 1. The maximum atomic E-state index is 11.5. The van der Waals surface area contributed by atoms with Gasteiger partial charge in [0.25, 0.3) is 0 Å². The summed E-state index contributed by atoms with van der Waals surface area (Å²) in [6.07, 6.45) is 4.14.